The number of nitrogens with zero attached hydrogens (tertiary/aromatic N) is 6. The Morgan fingerprint density at radius 1 is 1.22 bits per heavy atom. The SMILES string of the molecule is Cc1noc(C)c1-c1cnc(C[C@@H]2CCN(C(=O)c3ccnnc3)C2)cn1. The highest BCUT2D eigenvalue weighted by Gasteiger charge is 2.27. The van der Waals surface area contributed by atoms with Crippen molar-refractivity contribution in [2.24, 2.45) is 5.92 Å². The molecule has 3 aromatic heterocycles. The van der Waals surface area contributed by atoms with Gasteiger partial charge in [-0.2, -0.15) is 10.2 Å². The van der Waals surface area contributed by atoms with E-state index in [2.05, 4.69) is 25.3 Å². The Labute approximate surface area is 156 Å². The van der Waals surface area contributed by atoms with E-state index in [9.17, 15) is 4.79 Å². The maximum atomic E-state index is 12.5. The van der Waals surface area contributed by atoms with E-state index in [0.717, 1.165) is 47.8 Å². The van der Waals surface area contributed by atoms with Crippen LogP contribution in [-0.4, -0.2) is 49.2 Å². The highest BCUT2D eigenvalue weighted by atomic mass is 16.5. The monoisotopic (exact) mass is 364 g/mol. The van der Waals surface area contributed by atoms with Crippen LogP contribution in [0, 0.1) is 19.8 Å². The van der Waals surface area contributed by atoms with Crippen LogP contribution < -0.4 is 0 Å². The second kappa shape index (κ2) is 7.22. The molecule has 1 fully saturated rings. The van der Waals surface area contributed by atoms with Crippen molar-refractivity contribution >= 4 is 5.91 Å². The van der Waals surface area contributed by atoms with Gasteiger partial charge in [0.2, 0.25) is 0 Å². The Morgan fingerprint density at radius 2 is 2.11 bits per heavy atom. The minimum Gasteiger partial charge on any atom is -0.361 e. The first-order valence-corrected chi connectivity index (χ1v) is 8.92. The van der Waals surface area contributed by atoms with E-state index in [0.29, 0.717) is 18.0 Å². The molecule has 0 N–H and O–H groups in total. The van der Waals surface area contributed by atoms with Gasteiger partial charge >= 0.3 is 0 Å². The third-order valence-electron chi connectivity index (χ3n) is 4.90. The third kappa shape index (κ3) is 3.55. The molecule has 138 valence electrons. The Hall–Kier alpha value is -3.16. The van der Waals surface area contributed by atoms with Gasteiger partial charge in [-0.3, -0.25) is 14.8 Å². The highest BCUT2D eigenvalue weighted by molar-refractivity contribution is 5.93. The molecule has 1 atom stereocenters. The summed E-state index contributed by atoms with van der Waals surface area (Å²) >= 11 is 0. The van der Waals surface area contributed by atoms with Crippen molar-refractivity contribution in [3.63, 3.8) is 0 Å². The van der Waals surface area contributed by atoms with Gasteiger partial charge in [0.15, 0.2) is 0 Å². The van der Waals surface area contributed by atoms with Crippen LogP contribution >= 0.6 is 0 Å². The van der Waals surface area contributed by atoms with Crippen molar-refractivity contribution in [1.82, 2.24) is 30.2 Å². The molecule has 3 aromatic rings. The molecule has 1 amide bonds. The number of aryl methyl sites for hydroxylation is 2. The maximum absolute atomic E-state index is 12.5. The Morgan fingerprint density at radius 3 is 2.78 bits per heavy atom. The standard InChI is InChI=1S/C19H20N6O2/c1-12-18(13(2)27-24-12)17-10-20-16(9-21-17)7-14-4-6-25(11-14)19(26)15-3-5-22-23-8-15/h3,5,8-10,14H,4,6-7,11H2,1-2H3/t14-/m0/s1. The van der Waals surface area contributed by atoms with Crippen molar-refractivity contribution in [2.75, 3.05) is 13.1 Å². The lowest BCUT2D eigenvalue weighted by Gasteiger charge is -2.16. The molecule has 8 nitrogen and oxygen atoms in total. The number of carbonyl (C=O) groups is 1. The van der Waals surface area contributed by atoms with Gasteiger partial charge in [-0.25, -0.2) is 0 Å². The minimum absolute atomic E-state index is 0.00670. The van der Waals surface area contributed by atoms with Crippen molar-refractivity contribution in [2.45, 2.75) is 26.7 Å². The molecule has 4 heterocycles. The van der Waals surface area contributed by atoms with Gasteiger partial charge in [0, 0.05) is 19.3 Å². The molecular formula is C19H20N6O2. The summed E-state index contributed by atoms with van der Waals surface area (Å²) in [5.41, 5.74) is 3.98. The van der Waals surface area contributed by atoms with E-state index in [1.165, 1.54) is 12.4 Å². The largest absolute Gasteiger partial charge is 0.361 e. The van der Waals surface area contributed by atoms with Gasteiger partial charge in [-0.05, 0) is 38.7 Å². The zero-order chi connectivity index (χ0) is 18.8. The molecule has 0 aliphatic carbocycles. The minimum atomic E-state index is 0.00670. The lowest BCUT2D eigenvalue weighted by Crippen LogP contribution is -2.29. The molecule has 0 unspecified atom stereocenters. The average molecular weight is 364 g/mol. The van der Waals surface area contributed by atoms with Gasteiger partial charge in [-0.1, -0.05) is 5.16 Å². The molecule has 0 saturated carbocycles. The predicted octanol–water partition coefficient (Wildman–Crippen LogP) is 2.24. The van der Waals surface area contributed by atoms with Gasteiger partial charge in [0.05, 0.1) is 46.8 Å². The molecule has 4 rings (SSSR count). The van der Waals surface area contributed by atoms with E-state index in [4.69, 9.17) is 4.52 Å². The van der Waals surface area contributed by atoms with Crippen LogP contribution in [0.4, 0.5) is 0 Å². The van der Waals surface area contributed by atoms with Crippen molar-refractivity contribution in [3.8, 4) is 11.3 Å². The van der Waals surface area contributed by atoms with Crippen LogP contribution in [0.1, 0.15) is 33.9 Å². The summed E-state index contributed by atoms with van der Waals surface area (Å²) in [6.45, 7) is 5.22. The van der Waals surface area contributed by atoms with Gasteiger partial charge in [0.25, 0.3) is 5.91 Å². The lowest BCUT2D eigenvalue weighted by atomic mass is 10.0. The quantitative estimate of drug-likeness (QED) is 0.700. The third-order valence-corrected chi connectivity index (χ3v) is 4.90. The van der Waals surface area contributed by atoms with Gasteiger partial charge in [0.1, 0.15) is 5.76 Å². The molecule has 27 heavy (non-hydrogen) atoms. The number of hydrogen-bond donors (Lipinski definition) is 0. The second-order valence-corrected chi connectivity index (χ2v) is 6.83. The smallest absolute Gasteiger partial charge is 0.255 e. The van der Waals surface area contributed by atoms with E-state index < -0.39 is 0 Å². The highest BCUT2D eigenvalue weighted by Crippen LogP contribution is 2.25. The first kappa shape index (κ1) is 17.3. The fourth-order valence-corrected chi connectivity index (χ4v) is 3.52. The van der Waals surface area contributed by atoms with Crippen LogP contribution in [0.5, 0.6) is 0 Å². The Bertz CT molecular complexity index is 919. The number of aromatic nitrogens is 5. The number of likely N-dealkylation sites (tertiary alicyclic amines) is 1. The maximum Gasteiger partial charge on any atom is 0.255 e. The number of hydrogen-bond acceptors (Lipinski definition) is 7. The predicted molar refractivity (Wildman–Crippen MR) is 96.7 cm³/mol. The van der Waals surface area contributed by atoms with Crippen LogP contribution in [0.15, 0.2) is 35.4 Å². The van der Waals surface area contributed by atoms with Crippen LogP contribution in [-0.2, 0) is 6.42 Å². The molecule has 1 saturated heterocycles. The average Bonchev–Trinajstić information content (AvgIpc) is 3.29. The first-order valence-electron chi connectivity index (χ1n) is 8.92. The van der Waals surface area contributed by atoms with Gasteiger partial charge < -0.3 is 9.42 Å². The summed E-state index contributed by atoms with van der Waals surface area (Å²) in [7, 11) is 0. The number of carbonyl (C=O) groups excluding carboxylic acids is 1. The normalized spacial score (nSPS) is 16.7. The summed E-state index contributed by atoms with van der Waals surface area (Å²) in [5.74, 6) is 1.13. The molecule has 0 spiro atoms. The summed E-state index contributed by atoms with van der Waals surface area (Å²) < 4.78 is 5.19. The fraction of sp³-hybridized carbons (Fsp3) is 0.368. The molecule has 8 heteroatoms. The molecule has 0 bridgehead atoms. The van der Waals surface area contributed by atoms with Crippen LogP contribution in [0.25, 0.3) is 11.3 Å². The van der Waals surface area contributed by atoms with Crippen molar-refractivity contribution in [1.29, 1.82) is 0 Å². The second-order valence-electron chi connectivity index (χ2n) is 6.83. The summed E-state index contributed by atoms with van der Waals surface area (Å²) in [4.78, 5) is 23.5. The molecular weight excluding hydrogens is 344 g/mol. The first-order chi connectivity index (χ1) is 13.1. The Balaban J connectivity index is 1.40. The number of rotatable bonds is 4. The molecule has 0 aromatic carbocycles. The summed E-state index contributed by atoms with van der Waals surface area (Å²) in [6.07, 6.45) is 8.37. The summed E-state index contributed by atoms with van der Waals surface area (Å²) in [6, 6.07) is 1.70. The fourth-order valence-electron chi connectivity index (χ4n) is 3.52. The zero-order valence-electron chi connectivity index (χ0n) is 15.3. The van der Waals surface area contributed by atoms with Crippen LogP contribution in [0.2, 0.25) is 0 Å². The zero-order valence-corrected chi connectivity index (χ0v) is 15.3. The Kier molecular flexibility index (Phi) is 4.62. The van der Waals surface area contributed by atoms with Crippen molar-refractivity contribution in [3.05, 3.63) is 53.6 Å². The topological polar surface area (TPSA) is 97.9 Å². The molecule has 0 radical (unpaired) electrons. The molecule has 1 aliphatic rings. The van der Waals surface area contributed by atoms with E-state index >= 15 is 0 Å². The van der Waals surface area contributed by atoms with Crippen molar-refractivity contribution < 1.29 is 9.32 Å². The van der Waals surface area contributed by atoms with Crippen LogP contribution in [0.3, 0.4) is 0 Å². The van der Waals surface area contributed by atoms with E-state index in [-0.39, 0.29) is 5.91 Å². The van der Waals surface area contributed by atoms with E-state index in [1.54, 1.807) is 18.5 Å². The number of amides is 1. The molecule has 1 aliphatic heterocycles. The lowest BCUT2D eigenvalue weighted by molar-refractivity contribution is 0.0786. The summed E-state index contributed by atoms with van der Waals surface area (Å²) in [5, 5.41) is 11.5. The van der Waals surface area contributed by atoms with Gasteiger partial charge in [-0.15, -0.1) is 0 Å². The van der Waals surface area contributed by atoms with E-state index in [1.807, 2.05) is 18.7 Å².